The number of aromatic nitrogens is 3. The SMILES string of the molecule is Cc1nccc(-n2cccc(CC(C)C)c2=O)n1. The summed E-state index contributed by atoms with van der Waals surface area (Å²) in [6, 6.07) is 5.51. The molecule has 2 rings (SSSR count). The van der Waals surface area contributed by atoms with Crippen LogP contribution in [0.3, 0.4) is 0 Å². The van der Waals surface area contributed by atoms with Crippen LogP contribution in [0, 0.1) is 12.8 Å². The van der Waals surface area contributed by atoms with E-state index in [-0.39, 0.29) is 5.56 Å². The molecule has 2 heterocycles. The van der Waals surface area contributed by atoms with Crippen LogP contribution in [0.2, 0.25) is 0 Å². The molecule has 2 aromatic heterocycles. The molecule has 0 N–H and O–H groups in total. The molecule has 0 spiro atoms. The lowest BCUT2D eigenvalue weighted by atomic mass is 10.0. The summed E-state index contributed by atoms with van der Waals surface area (Å²) in [6.07, 6.45) is 4.19. The van der Waals surface area contributed by atoms with E-state index in [1.807, 2.05) is 19.1 Å². The Hall–Kier alpha value is -1.97. The van der Waals surface area contributed by atoms with Crippen molar-refractivity contribution in [3.8, 4) is 5.82 Å². The molecule has 4 heteroatoms. The van der Waals surface area contributed by atoms with Gasteiger partial charge in [0.05, 0.1) is 0 Å². The molecule has 0 saturated heterocycles. The Labute approximate surface area is 106 Å². The van der Waals surface area contributed by atoms with E-state index in [2.05, 4.69) is 23.8 Å². The van der Waals surface area contributed by atoms with Gasteiger partial charge in [-0.2, -0.15) is 0 Å². The Morgan fingerprint density at radius 1 is 1.33 bits per heavy atom. The van der Waals surface area contributed by atoms with Crippen molar-refractivity contribution >= 4 is 0 Å². The molecule has 0 aliphatic rings. The molecule has 0 aliphatic heterocycles. The minimum Gasteiger partial charge on any atom is -0.269 e. The Balaban J connectivity index is 2.49. The average Bonchev–Trinajstić information content (AvgIpc) is 2.31. The molecule has 0 saturated carbocycles. The normalized spacial score (nSPS) is 10.9. The summed E-state index contributed by atoms with van der Waals surface area (Å²) in [4.78, 5) is 20.6. The molecule has 0 atom stereocenters. The number of hydrogen-bond acceptors (Lipinski definition) is 3. The molecule has 0 fully saturated rings. The minimum absolute atomic E-state index is 0.00398. The topological polar surface area (TPSA) is 47.8 Å². The fourth-order valence-corrected chi connectivity index (χ4v) is 1.89. The van der Waals surface area contributed by atoms with Crippen molar-refractivity contribution in [1.82, 2.24) is 14.5 Å². The number of nitrogens with zero attached hydrogens (tertiary/aromatic N) is 3. The van der Waals surface area contributed by atoms with Crippen LogP contribution in [0.5, 0.6) is 0 Å². The molecule has 18 heavy (non-hydrogen) atoms. The fraction of sp³-hybridized carbons (Fsp3) is 0.357. The van der Waals surface area contributed by atoms with Gasteiger partial charge in [0.2, 0.25) is 0 Å². The van der Waals surface area contributed by atoms with Gasteiger partial charge in [0.1, 0.15) is 11.6 Å². The van der Waals surface area contributed by atoms with Crippen LogP contribution >= 0.6 is 0 Å². The van der Waals surface area contributed by atoms with Crippen LogP contribution in [0.4, 0.5) is 0 Å². The van der Waals surface area contributed by atoms with Crippen LogP contribution in [-0.2, 0) is 6.42 Å². The molecular formula is C14H17N3O. The first-order valence-corrected chi connectivity index (χ1v) is 6.08. The third kappa shape index (κ3) is 2.64. The van der Waals surface area contributed by atoms with E-state index in [0.717, 1.165) is 12.0 Å². The van der Waals surface area contributed by atoms with Crippen molar-refractivity contribution in [2.75, 3.05) is 0 Å². The highest BCUT2D eigenvalue weighted by Crippen LogP contribution is 2.05. The number of hydrogen-bond donors (Lipinski definition) is 0. The number of rotatable bonds is 3. The van der Waals surface area contributed by atoms with E-state index in [0.29, 0.717) is 17.6 Å². The second-order valence-electron chi connectivity index (χ2n) is 4.77. The Morgan fingerprint density at radius 3 is 2.78 bits per heavy atom. The van der Waals surface area contributed by atoms with E-state index in [4.69, 9.17) is 0 Å². The molecule has 0 aliphatic carbocycles. The summed E-state index contributed by atoms with van der Waals surface area (Å²) in [5.74, 6) is 1.74. The molecule has 0 bridgehead atoms. The lowest BCUT2D eigenvalue weighted by Gasteiger charge is -2.09. The highest BCUT2D eigenvalue weighted by molar-refractivity contribution is 5.24. The summed E-state index contributed by atoms with van der Waals surface area (Å²) in [6.45, 7) is 6.02. The predicted octanol–water partition coefficient (Wildman–Crippen LogP) is 2.13. The molecular weight excluding hydrogens is 226 g/mol. The molecule has 4 nitrogen and oxygen atoms in total. The van der Waals surface area contributed by atoms with E-state index in [1.54, 1.807) is 23.0 Å². The first-order valence-electron chi connectivity index (χ1n) is 6.08. The largest absolute Gasteiger partial charge is 0.269 e. The molecule has 94 valence electrons. The van der Waals surface area contributed by atoms with E-state index in [1.165, 1.54) is 0 Å². The van der Waals surface area contributed by atoms with Crippen LogP contribution < -0.4 is 5.56 Å². The molecule has 0 aromatic carbocycles. The van der Waals surface area contributed by atoms with Gasteiger partial charge < -0.3 is 0 Å². The Bertz CT molecular complexity index is 602. The first kappa shape index (κ1) is 12.5. The van der Waals surface area contributed by atoms with Gasteiger partial charge in [-0.3, -0.25) is 9.36 Å². The van der Waals surface area contributed by atoms with Crippen LogP contribution in [0.1, 0.15) is 25.2 Å². The third-order valence-electron chi connectivity index (χ3n) is 2.66. The van der Waals surface area contributed by atoms with Crippen LogP contribution in [0.25, 0.3) is 5.82 Å². The van der Waals surface area contributed by atoms with E-state index in [9.17, 15) is 4.79 Å². The monoisotopic (exact) mass is 243 g/mol. The summed E-state index contributed by atoms with van der Waals surface area (Å²) < 4.78 is 1.58. The maximum atomic E-state index is 12.3. The highest BCUT2D eigenvalue weighted by atomic mass is 16.1. The van der Waals surface area contributed by atoms with Crippen molar-refractivity contribution in [3.63, 3.8) is 0 Å². The van der Waals surface area contributed by atoms with Gasteiger partial charge >= 0.3 is 0 Å². The second-order valence-corrected chi connectivity index (χ2v) is 4.77. The lowest BCUT2D eigenvalue weighted by Crippen LogP contribution is -2.23. The van der Waals surface area contributed by atoms with Crippen molar-refractivity contribution < 1.29 is 0 Å². The molecule has 0 radical (unpaired) electrons. The van der Waals surface area contributed by atoms with Gasteiger partial charge in [0.15, 0.2) is 0 Å². The highest BCUT2D eigenvalue weighted by Gasteiger charge is 2.07. The number of aryl methyl sites for hydroxylation is 1. The van der Waals surface area contributed by atoms with Gasteiger partial charge in [0, 0.05) is 18.0 Å². The predicted molar refractivity (Wildman–Crippen MR) is 70.9 cm³/mol. The van der Waals surface area contributed by atoms with E-state index < -0.39 is 0 Å². The summed E-state index contributed by atoms with van der Waals surface area (Å²) >= 11 is 0. The third-order valence-corrected chi connectivity index (χ3v) is 2.66. The van der Waals surface area contributed by atoms with Crippen LogP contribution in [-0.4, -0.2) is 14.5 Å². The second kappa shape index (κ2) is 5.12. The summed E-state index contributed by atoms with van der Waals surface area (Å²) in [5.41, 5.74) is 0.827. The standard InChI is InChI=1S/C14H17N3O/c1-10(2)9-12-5-4-8-17(14(12)18)13-6-7-15-11(3)16-13/h4-8,10H,9H2,1-3H3. The molecule has 0 amide bonds. The molecule has 0 unspecified atom stereocenters. The average molecular weight is 243 g/mol. The Morgan fingerprint density at radius 2 is 2.11 bits per heavy atom. The van der Waals surface area contributed by atoms with Crippen molar-refractivity contribution in [2.24, 2.45) is 5.92 Å². The molecule has 2 aromatic rings. The minimum atomic E-state index is 0.00398. The first-order chi connectivity index (χ1) is 8.58. The Kier molecular flexibility index (Phi) is 3.55. The van der Waals surface area contributed by atoms with Gasteiger partial charge in [-0.15, -0.1) is 0 Å². The van der Waals surface area contributed by atoms with Crippen molar-refractivity contribution in [1.29, 1.82) is 0 Å². The summed E-state index contributed by atoms with van der Waals surface area (Å²) in [7, 11) is 0. The van der Waals surface area contributed by atoms with Crippen molar-refractivity contribution in [3.05, 3.63) is 52.3 Å². The van der Waals surface area contributed by atoms with Gasteiger partial charge in [-0.25, -0.2) is 9.97 Å². The number of pyridine rings is 1. The van der Waals surface area contributed by atoms with Gasteiger partial charge in [-0.1, -0.05) is 19.9 Å². The smallest absolute Gasteiger partial charge is 0.259 e. The zero-order chi connectivity index (χ0) is 13.1. The fourth-order valence-electron chi connectivity index (χ4n) is 1.89. The van der Waals surface area contributed by atoms with Gasteiger partial charge in [0.25, 0.3) is 5.56 Å². The van der Waals surface area contributed by atoms with Gasteiger partial charge in [-0.05, 0) is 31.4 Å². The van der Waals surface area contributed by atoms with E-state index >= 15 is 0 Å². The quantitative estimate of drug-likeness (QED) is 0.829. The summed E-state index contributed by atoms with van der Waals surface area (Å²) in [5, 5.41) is 0. The zero-order valence-electron chi connectivity index (χ0n) is 10.9. The maximum Gasteiger partial charge on any atom is 0.259 e. The van der Waals surface area contributed by atoms with Crippen LogP contribution in [0.15, 0.2) is 35.4 Å². The van der Waals surface area contributed by atoms with Crippen molar-refractivity contribution in [2.45, 2.75) is 27.2 Å². The maximum absolute atomic E-state index is 12.3. The zero-order valence-corrected chi connectivity index (χ0v) is 10.9. The lowest BCUT2D eigenvalue weighted by molar-refractivity contribution is 0.639.